The Morgan fingerprint density at radius 3 is 2.60 bits per heavy atom. The molecule has 0 amide bonds. The molecule has 2 atom stereocenters. The van der Waals surface area contributed by atoms with Crippen molar-refractivity contribution >= 4 is 24.8 Å². The van der Waals surface area contributed by atoms with Crippen molar-refractivity contribution in [1.29, 1.82) is 0 Å². The summed E-state index contributed by atoms with van der Waals surface area (Å²) in [6.45, 7) is 1.84. The number of piperidine rings is 1. The Kier molecular flexibility index (Phi) is 6.20. The second kappa shape index (κ2) is 7.03. The van der Waals surface area contributed by atoms with Crippen molar-refractivity contribution in [2.24, 2.45) is 5.92 Å². The van der Waals surface area contributed by atoms with E-state index >= 15 is 0 Å². The van der Waals surface area contributed by atoms with Crippen LogP contribution in [-0.4, -0.2) is 36.5 Å². The first-order valence-corrected chi connectivity index (χ1v) is 6.53. The summed E-state index contributed by atoms with van der Waals surface area (Å²) >= 11 is 0. The van der Waals surface area contributed by atoms with Gasteiger partial charge in [-0.15, -0.1) is 24.8 Å². The van der Waals surface area contributed by atoms with Crippen LogP contribution in [0.25, 0.3) is 0 Å². The van der Waals surface area contributed by atoms with Crippen LogP contribution in [0.15, 0.2) is 30.3 Å². The van der Waals surface area contributed by atoms with Gasteiger partial charge in [0.1, 0.15) is 0 Å². The zero-order valence-electron chi connectivity index (χ0n) is 11.1. The first-order chi connectivity index (χ1) is 8.67. The van der Waals surface area contributed by atoms with E-state index in [0.29, 0.717) is 13.1 Å². The summed E-state index contributed by atoms with van der Waals surface area (Å²) in [5.41, 5.74) is 1.12. The van der Waals surface area contributed by atoms with Gasteiger partial charge in [0.2, 0.25) is 0 Å². The van der Waals surface area contributed by atoms with Crippen molar-refractivity contribution in [3.8, 4) is 0 Å². The minimum absolute atomic E-state index is 0. The molecule has 114 valence electrons. The lowest BCUT2D eigenvalue weighted by atomic mass is 9.92. The topological polar surface area (TPSA) is 15.3 Å². The summed E-state index contributed by atoms with van der Waals surface area (Å²) in [6, 6.07) is 9.92. The second-order valence-electron chi connectivity index (χ2n) is 5.32. The van der Waals surface area contributed by atoms with Crippen LogP contribution in [0.1, 0.15) is 12.0 Å². The molecule has 1 aromatic carbocycles. The first-order valence-electron chi connectivity index (χ1n) is 6.53. The van der Waals surface area contributed by atoms with Crippen molar-refractivity contribution in [1.82, 2.24) is 10.2 Å². The molecule has 0 radical (unpaired) electrons. The highest BCUT2D eigenvalue weighted by Crippen LogP contribution is 2.40. The van der Waals surface area contributed by atoms with E-state index in [0.717, 1.165) is 18.5 Å². The van der Waals surface area contributed by atoms with Gasteiger partial charge in [-0.2, -0.15) is 0 Å². The molecule has 0 spiro atoms. The number of benzene rings is 1. The molecule has 0 aromatic heterocycles. The smallest absolute Gasteiger partial charge is 0.266 e. The average Bonchev–Trinajstić information content (AvgIpc) is 2.63. The SMILES string of the molecule is Cl.Cl.FC1(F)CN(Cc2ccccc2)[C@@H]2CCNC[C@@H]21. The Morgan fingerprint density at radius 2 is 1.90 bits per heavy atom. The van der Waals surface area contributed by atoms with E-state index in [1.54, 1.807) is 0 Å². The van der Waals surface area contributed by atoms with Crippen LogP contribution in [0.5, 0.6) is 0 Å². The fourth-order valence-electron chi connectivity index (χ4n) is 3.21. The lowest BCUT2D eigenvalue weighted by Crippen LogP contribution is -2.46. The van der Waals surface area contributed by atoms with E-state index in [9.17, 15) is 8.78 Å². The fraction of sp³-hybridized carbons (Fsp3) is 0.571. The van der Waals surface area contributed by atoms with Crippen molar-refractivity contribution < 1.29 is 8.78 Å². The van der Waals surface area contributed by atoms with Crippen molar-refractivity contribution in [2.45, 2.75) is 24.9 Å². The standard InChI is InChI=1S/C14H18F2N2.2ClH/c15-14(16)10-18(9-11-4-2-1-3-5-11)13-6-7-17-8-12(13)14;;/h1-5,12-13,17H,6-10H2;2*1H/t12-,13+;;/m0../s1. The Balaban J connectivity index is 0.000001000. The molecule has 0 bridgehead atoms. The van der Waals surface area contributed by atoms with E-state index < -0.39 is 11.8 Å². The number of nitrogens with zero attached hydrogens (tertiary/aromatic N) is 1. The van der Waals surface area contributed by atoms with E-state index in [2.05, 4.69) is 5.32 Å². The van der Waals surface area contributed by atoms with E-state index in [4.69, 9.17) is 0 Å². The zero-order chi connectivity index (χ0) is 12.6. The van der Waals surface area contributed by atoms with Crippen LogP contribution in [0.3, 0.4) is 0 Å². The number of likely N-dealkylation sites (tertiary alicyclic amines) is 1. The van der Waals surface area contributed by atoms with Gasteiger partial charge in [0.05, 0.1) is 12.5 Å². The predicted octanol–water partition coefficient (Wildman–Crippen LogP) is 2.96. The highest BCUT2D eigenvalue weighted by Gasteiger charge is 2.54. The van der Waals surface area contributed by atoms with Gasteiger partial charge in [0, 0.05) is 19.1 Å². The maximum Gasteiger partial charge on any atom is 0.266 e. The quantitative estimate of drug-likeness (QED) is 0.899. The molecule has 2 aliphatic rings. The summed E-state index contributed by atoms with van der Waals surface area (Å²) in [4.78, 5) is 1.96. The molecule has 3 rings (SSSR count). The predicted molar refractivity (Wildman–Crippen MR) is 81.1 cm³/mol. The number of nitrogens with one attached hydrogen (secondary N) is 1. The van der Waals surface area contributed by atoms with Crippen molar-refractivity contribution in [3.63, 3.8) is 0 Å². The monoisotopic (exact) mass is 324 g/mol. The lowest BCUT2D eigenvalue weighted by Gasteiger charge is -2.32. The van der Waals surface area contributed by atoms with Gasteiger partial charge in [-0.05, 0) is 18.5 Å². The first kappa shape index (κ1) is 17.6. The fourth-order valence-corrected chi connectivity index (χ4v) is 3.21. The number of halogens is 4. The lowest BCUT2D eigenvalue weighted by molar-refractivity contribution is -0.0328. The Bertz CT molecular complexity index is 417. The summed E-state index contributed by atoms with van der Waals surface area (Å²) < 4.78 is 27.9. The second-order valence-corrected chi connectivity index (χ2v) is 5.32. The number of fused-ring (bicyclic) bond motifs is 1. The highest BCUT2D eigenvalue weighted by atomic mass is 35.5. The van der Waals surface area contributed by atoms with Crippen molar-refractivity contribution in [2.75, 3.05) is 19.6 Å². The molecule has 2 saturated heterocycles. The summed E-state index contributed by atoms with van der Waals surface area (Å²) in [5, 5.41) is 3.09. The molecule has 0 saturated carbocycles. The van der Waals surface area contributed by atoms with Crippen LogP contribution >= 0.6 is 24.8 Å². The summed E-state index contributed by atoms with van der Waals surface area (Å²) in [6.07, 6.45) is 0.826. The Hall–Kier alpha value is -0.420. The molecule has 2 nitrogen and oxygen atoms in total. The third-order valence-electron chi connectivity index (χ3n) is 4.10. The number of hydrogen-bond donors (Lipinski definition) is 1. The number of rotatable bonds is 2. The van der Waals surface area contributed by atoms with E-state index in [1.807, 2.05) is 35.2 Å². The average molecular weight is 325 g/mol. The van der Waals surface area contributed by atoms with Crippen LogP contribution in [0.4, 0.5) is 8.78 Å². The van der Waals surface area contributed by atoms with Gasteiger partial charge in [0.25, 0.3) is 5.92 Å². The molecule has 2 heterocycles. The highest BCUT2D eigenvalue weighted by molar-refractivity contribution is 5.85. The molecule has 2 aliphatic heterocycles. The van der Waals surface area contributed by atoms with Gasteiger partial charge < -0.3 is 5.32 Å². The third-order valence-corrected chi connectivity index (χ3v) is 4.10. The molecule has 20 heavy (non-hydrogen) atoms. The largest absolute Gasteiger partial charge is 0.316 e. The van der Waals surface area contributed by atoms with E-state index in [1.165, 1.54) is 0 Å². The van der Waals surface area contributed by atoms with Crippen LogP contribution < -0.4 is 5.32 Å². The molecule has 2 fully saturated rings. The van der Waals surface area contributed by atoms with E-state index in [-0.39, 0.29) is 37.4 Å². The van der Waals surface area contributed by atoms with Crippen LogP contribution in [-0.2, 0) is 6.54 Å². The van der Waals surface area contributed by atoms with Gasteiger partial charge in [0.15, 0.2) is 0 Å². The molecule has 1 aromatic rings. The molecule has 0 aliphatic carbocycles. The van der Waals surface area contributed by atoms with Gasteiger partial charge >= 0.3 is 0 Å². The molecule has 1 N–H and O–H groups in total. The maximum atomic E-state index is 14.0. The van der Waals surface area contributed by atoms with Gasteiger partial charge in [-0.25, -0.2) is 8.78 Å². The Morgan fingerprint density at radius 1 is 1.20 bits per heavy atom. The van der Waals surface area contributed by atoms with Gasteiger partial charge in [-0.3, -0.25) is 4.90 Å². The normalized spacial score (nSPS) is 28.1. The van der Waals surface area contributed by atoms with Crippen LogP contribution in [0.2, 0.25) is 0 Å². The molecular weight excluding hydrogens is 305 g/mol. The Labute approximate surface area is 130 Å². The third kappa shape index (κ3) is 3.42. The number of alkyl halides is 2. The molecule has 0 unspecified atom stereocenters. The minimum Gasteiger partial charge on any atom is -0.316 e. The zero-order valence-corrected chi connectivity index (χ0v) is 12.7. The minimum atomic E-state index is -2.55. The maximum absolute atomic E-state index is 14.0. The van der Waals surface area contributed by atoms with Gasteiger partial charge in [-0.1, -0.05) is 30.3 Å². The molecular formula is C14H20Cl2F2N2. The van der Waals surface area contributed by atoms with Crippen molar-refractivity contribution in [3.05, 3.63) is 35.9 Å². The van der Waals surface area contributed by atoms with Crippen LogP contribution in [0, 0.1) is 5.92 Å². The molecule has 6 heteroatoms. The number of hydrogen-bond acceptors (Lipinski definition) is 2. The summed E-state index contributed by atoms with van der Waals surface area (Å²) in [5.74, 6) is -3.07. The summed E-state index contributed by atoms with van der Waals surface area (Å²) in [7, 11) is 0.